The van der Waals surface area contributed by atoms with Crippen molar-refractivity contribution in [2.75, 3.05) is 6.26 Å². The molecule has 0 aliphatic heterocycles. The Morgan fingerprint density at radius 3 is 1.53 bits per heavy atom. The summed E-state index contributed by atoms with van der Waals surface area (Å²) >= 11 is 0. The Labute approximate surface area is 223 Å². The van der Waals surface area contributed by atoms with Crippen molar-refractivity contribution in [3.8, 4) is 0 Å². The van der Waals surface area contributed by atoms with Gasteiger partial charge in [-0.1, -0.05) is 58.2 Å². The normalized spacial score (nSPS) is 15.9. The minimum absolute atomic E-state index is 0.451. The Morgan fingerprint density at radius 2 is 1.11 bits per heavy atom. The van der Waals surface area contributed by atoms with E-state index in [2.05, 4.69) is 78.8 Å². The largest absolute Gasteiger partial charge is 0.387 e. The van der Waals surface area contributed by atoms with Crippen LogP contribution in [-0.4, -0.2) is 31.5 Å². The van der Waals surface area contributed by atoms with Crippen LogP contribution in [-0.2, 0) is 14.3 Å². The zero-order valence-electron chi connectivity index (χ0n) is 24.6. The van der Waals surface area contributed by atoms with Crippen LogP contribution in [0.25, 0.3) is 0 Å². The second-order valence-electron chi connectivity index (χ2n) is 11.1. The van der Waals surface area contributed by atoms with Crippen molar-refractivity contribution in [1.82, 2.24) is 0 Å². The minimum atomic E-state index is -3.67. The van der Waals surface area contributed by atoms with Gasteiger partial charge in [0.2, 0.25) is 0 Å². The average Bonchev–Trinajstić information content (AvgIpc) is 2.71. The summed E-state index contributed by atoms with van der Waals surface area (Å²) in [6.45, 7) is 16.5. The van der Waals surface area contributed by atoms with Gasteiger partial charge in [0, 0.05) is 0 Å². The molecular weight excluding hydrogens is 468 g/mol. The third-order valence-corrected chi connectivity index (χ3v) is 6.85. The molecule has 0 aromatic rings. The molecule has 0 heterocycles. The minimum Gasteiger partial charge on any atom is -0.387 e. The Hall–Kier alpha value is -1.43. The Morgan fingerprint density at radius 1 is 0.722 bits per heavy atom. The summed E-state index contributed by atoms with van der Waals surface area (Å²) in [4.78, 5) is 0. The van der Waals surface area contributed by atoms with Crippen LogP contribution in [0, 0.1) is 0 Å². The van der Waals surface area contributed by atoms with Gasteiger partial charge in [-0.15, -0.1) is 0 Å². The summed E-state index contributed by atoms with van der Waals surface area (Å²) in [6.07, 6.45) is 19.8. The summed E-state index contributed by atoms with van der Waals surface area (Å²) in [7, 11) is -3.67. The van der Waals surface area contributed by atoms with Crippen LogP contribution in [0.1, 0.15) is 120 Å². The zero-order chi connectivity index (χ0) is 27.8. The lowest BCUT2D eigenvalue weighted by Crippen LogP contribution is -2.42. The molecule has 0 rings (SSSR count). The molecule has 4 nitrogen and oxygen atoms in total. The van der Waals surface area contributed by atoms with Crippen molar-refractivity contribution in [3.63, 3.8) is 0 Å². The third-order valence-electron chi connectivity index (χ3n) is 6.26. The SMILES string of the molecule is CC(C)=CCC/C(C)=C/CC/C(C)=C/CC[C@@H](OS(C)(=O)=O)[C@@](C)(O)CC/C=C(\C)CCC=C(C)C. The number of hydrogen-bond donors (Lipinski definition) is 1. The van der Waals surface area contributed by atoms with Crippen molar-refractivity contribution >= 4 is 10.1 Å². The number of hydrogen-bond acceptors (Lipinski definition) is 4. The fourth-order valence-corrected chi connectivity index (χ4v) is 4.68. The summed E-state index contributed by atoms with van der Waals surface area (Å²) in [5.41, 5.74) is 5.42. The Kier molecular flexibility index (Phi) is 17.2. The van der Waals surface area contributed by atoms with Crippen molar-refractivity contribution in [1.29, 1.82) is 0 Å². The van der Waals surface area contributed by atoms with Crippen LogP contribution in [0.5, 0.6) is 0 Å². The standard InChI is InChI=1S/C31H54O4S/c1-25(2)15-10-17-27(5)19-12-20-28(6)21-13-23-30(35-36(9,33)34)31(8,32)24-14-22-29(7)18-11-16-26(3)4/h15-16,19,21-22,30,32H,10-14,17-18,20,23-24H2,1-9H3/b27-19+,28-21+,29-22+/t30-,31+/m1/s1. The highest BCUT2D eigenvalue weighted by Gasteiger charge is 2.34. The van der Waals surface area contributed by atoms with Gasteiger partial charge in [0.15, 0.2) is 0 Å². The fourth-order valence-electron chi connectivity index (χ4n) is 3.96. The molecular formula is C31H54O4S. The summed E-state index contributed by atoms with van der Waals surface area (Å²) in [5.74, 6) is 0. The van der Waals surface area contributed by atoms with Crippen LogP contribution in [0.4, 0.5) is 0 Å². The number of rotatable bonds is 18. The molecule has 0 aromatic heterocycles. The first-order valence-electron chi connectivity index (χ1n) is 13.5. The van der Waals surface area contributed by atoms with Gasteiger partial charge in [-0.2, -0.15) is 8.42 Å². The number of aliphatic hydroxyl groups is 1. The predicted molar refractivity (Wildman–Crippen MR) is 157 cm³/mol. The quantitative estimate of drug-likeness (QED) is 0.144. The van der Waals surface area contributed by atoms with Crippen LogP contribution in [0.2, 0.25) is 0 Å². The summed E-state index contributed by atoms with van der Waals surface area (Å²) in [6, 6.07) is 0. The molecule has 0 bridgehead atoms. The van der Waals surface area contributed by atoms with Gasteiger partial charge < -0.3 is 5.11 Å². The summed E-state index contributed by atoms with van der Waals surface area (Å²) < 4.78 is 29.1. The molecule has 0 spiro atoms. The van der Waals surface area contributed by atoms with Gasteiger partial charge in [-0.25, -0.2) is 0 Å². The van der Waals surface area contributed by atoms with Crippen LogP contribution >= 0.6 is 0 Å². The fraction of sp³-hybridized carbons (Fsp3) is 0.677. The van der Waals surface area contributed by atoms with E-state index in [1.54, 1.807) is 6.92 Å². The topological polar surface area (TPSA) is 63.6 Å². The molecule has 0 amide bonds. The van der Waals surface area contributed by atoms with Crippen LogP contribution < -0.4 is 0 Å². The van der Waals surface area contributed by atoms with Gasteiger partial charge in [0.1, 0.15) is 6.10 Å². The van der Waals surface area contributed by atoms with Crippen molar-refractivity contribution in [2.45, 2.75) is 131 Å². The van der Waals surface area contributed by atoms with Crippen LogP contribution in [0.15, 0.2) is 58.2 Å². The van der Waals surface area contributed by atoms with Gasteiger partial charge in [0.05, 0.1) is 11.9 Å². The second kappa shape index (κ2) is 17.9. The molecule has 1 N–H and O–H groups in total. The molecule has 0 aliphatic carbocycles. The van der Waals surface area contributed by atoms with E-state index in [0.717, 1.165) is 44.8 Å². The van der Waals surface area contributed by atoms with Gasteiger partial charge >= 0.3 is 0 Å². The lowest BCUT2D eigenvalue weighted by Gasteiger charge is -2.31. The van der Waals surface area contributed by atoms with E-state index in [1.807, 2.05) is 0 Å². The maximum Gasteiger partial charge on any atom is 0.264 e. The molecule has 0 fully saturated rings. The van der Waals surface area contributed by atoms with Gasteiger partial charge in [-0.3, -0.25) is 4.18 Å². The monoisotopic (exact) mass is 522 g/mol. The molecule has 0 aromatic carbocycles. The van der Waals surface area contributed by atoms with Crippen molar-refractivity contribution in [2.24, 2.45) is 0 Å². The zero-order valence-corrected chi connectivity index (χ0v) is 25.4. The van der Waals surface area contributed by atoms with E-state index in [9.17, 15) is 13.5 Å². The highest BCUT2D eigenvalue weighted by Crippen LogP contribution is 2.26. The summed E-state index contributed by atoms with van der Waals surface area (Å²) in [5, 5.41) is 11.1. The molecule has 208 valence electrons. The molecule has 5 heteroatoms. The Bertz CT molecular complexity index is 891. The van der Waals surface area contributed by atoms with E-state index < -0.39 is 21.8 Å². The molecule has 0 saturated carbocycles. The molecule has 2 atom stereocenters. The average molecular weight is 523 g/mol. The molecule has 0 aliphatic rings. The second-order valence-corrected chi connectivity index (χ2v) is 12.7. The van der Waals surface area contributed by atoms with E-state index in [4.69, 9.17) is 4.18 Å². The maximum absolute atomic E-state index is 11.9. The lowest BCUT2D eigenvalue weighted by molar-refractivity contribution is -0.0530. The molecule has 36 heavy (non-hydrogen) atoms. The first-order chi connectivity index (χ1) is 16.6. The van der Waals surface area contributed by atoms with E-state index in [1.165, 1.54) is 27.9 Å². The molecule has 0 unspecified atom stereocenters. The van der Waals surface area contributed by atoms with E-state index in [-0.39, 0.29) is 0 Å². The number of allylic oxidation sites excluding steroid dienone is 10. The van der Waals surface area contributed by atoms with E-state index in [0.29, 0.717) is 25.7 Å². The highest BCUT2D eigenvalue weighted by atomic mass is 32.2. The molecule has 0 saturated heterocycles. The predicted octanol–water partition coefficient (Wildman–Crippen LogP) is 8.75. The third kappa shape index (κ3) is 19.7. The Balaban J connectivity index is 4.89. The van der Waals surface area contributed by atoms with Crippen molar-refractivity contribution in [3.05, 3.63) is 58.2 Å². The lowest BCUT2D eigenvalue weighted by atomic mass is 9.89. The first-order valence-corrected chi connectivity index (χ1v) is 15.3. The van der Waals surface area contributed by atoms with E-state index >= 15 is 0 Å². The molecule has 0 radical (unpaired) electrons. The highest BCUT2D eigenvalue weighted by molar-refractivity contribution is 7.86. The smallest absolute Gasteiger partial charge is 0.264 e. The first kappa shape index (κ1) is 34.6. The van der Waals surface area contributed by atoms with Gasteiger partial charge in [0.25, 0.3) is 10.1 Å². The van der Waals surface area contributed by atoms with Gasteiger partial charge in [-0.05, 0) is 120 Å². The maximum atomic E-state index is 11.9. The van der Waals surface area contributed by atoms with Crippen molar-refractivity contribution < 1.29 is 17.7 Å². The van der Waals surface area contributed by atoms with Crippen LogP contribution in [0.3, 0.4) is 0 Å².